The number of rotatable bonds is 2. The van der Waals surface area contributed by atoms with Crippen molar-refractivity contribution < 1.29 is 13.2 Å². The molecular weight excluding hydrogens is 270 g/mol. The fourth-order valence-corrected chi connectivity index (χ4v) is 2.47. The minimum atomic E-state index is -3.71. The second-order valence-electron chi connectivity index (χ2n) is 2.62. The Hall–Kier alpha value is -0.880. The molecule has 6 heteroatoms. The van der Waals surface area contributed by atoms with E-state index in [1.807, 2.05) is 4.72 Å². The van der Waals surface area contributed by atoms with Gasteiger partial charge in [-0.25, -0.2) is 13.1 Å². The number of hydrogen-bond acceptors (Lipinski definition) is 3. The van der Waals surface area contributed by atoms with Crippen molar-refractivity contribution in [3.05, 3.63) is 28.7 Å². The molecule has 0 aliphatic rings. The van der Waals surface area contributed by atoms with Gasteiger partial charge in [-0.05, 0) is 18.2 Å². The summed E-state index contributed by atoms with van der Waals surface area (Å²) in [6, 6.07) is 6.12. The molecule has 0 heterocycles. The lowest BCUT2D eigenvalue weighted by atomic mass is 10.4. The number of halogens is 1. The Labute approximate surface area is 90.5 Å². The zero-order chi connectivity index (χ0) is 10.8. The normalized spacial score (nSPS) is 11.0. The summed E-state index contributed by atoms with van der Waals surface area (Å²) in [6.45, 7) is 1.15. The summed E-state index contributed by atoms with van der Waals surface area (Å²) in [6.07, 6.45) is 0. The molecule has 0 radical (unpaired) electrons. The molecule has 4 nitrogen and oxygen atoms in total. The van der Waals surface area contributed by atoms with E-state index in [0.29, 0.717) is 4.47 Å². The zero-order valence-electron chi connectivity index (χ0n) is 7.32. The molecule has 0 saturated heterocycles. The van der Waals surface area contributed by atoms with Gasteiger partial charge in [0, 0.05) is 11.4 Å². The summed E-state index contributed by atoms with van der Waals surface area (Å²) < 4.78 is 25.4. The number of carbonyl (C=O) groups excluding carboxylic acids is 1. The second kappa shape index (κ2) is 4.10. The molecule has 0 aliphatic carbocycles. The van der Waals surface area contributed by atoms with Crippen LogP contribution >= 0.6 is 15.9 Å². The van der Waals surface area contributed by atoms with E-state index in [2.05, 4.69) is 15.9 Å². The molecule has 0 saturated carbocycles. The minimum absolute atomic E-state index is 0.0575. The number of amides is 1. The number of nitrogens with one attached hydrogen (secondary N) is 1. The molecule has 0 aromatic heterocycles. The van der Waals surface area contributed by atoms with Crippen molar-refractivity contribution in [1.82, 2.24) is 4.72 Å². The summed E-state index contributed by atoms with van der Waals surface area (Å²) in [5.41, 5.74) is 0. The average Bonchev–Trinajstić information content (AvgIpc) is 2.01. The first-order chi connectivity index (χ1) is 6.42. The van der Waals surface area contributed by atoms with E-state index in [4.69, 9.17) is 0 Å². The van der Waals surface area contributed by atoms with E-state index in [0.717, 1.165) is 6.92 Å². The van der Waals surface area contributed by atoms with Crippen LogP contribution < -0.4 is 4.72 Å². The second-order valence-corrected chi connectivity index (χ2v) is 5.22. The average molecular weight is 278 g/mol. The van der Waals surface area contributed by atoms with Crippen LogP contribution in [0.5, 0.6) is 0 Å². The van der Waals surface area contributed by atoms with Gasteiger partial charge in [0.1, 0.15) is 0 Å². The van der Waals surface area contributed by atoms with Gasteiger partial charge >= 0.3 is 0 Å². The van der Waals surface area contributed by atoms with Gasteiger partial charge in [0.25, 0.3) is 10.0 Å². The van der Waals surface area contributed by atoms with Crippen LogP contribution in [-0.4, -0.2) is 14.3 Å². The molecule has 1 aromatic carbocycles. The van der Waals surface area contributed by atoms with Crippen molar-refractivity contribution in [2.45, 2.75) is 11.8 Å². The number of sulfonamides is 1. The van der Waals surface area contributed by atoms with Crippen LogP contribution in [0.3, 0.4) is 0 Å². The fraction of sp³-hybridized carbons (Fsp3) is 0.125. The quantitative estimate of drug-likeness (QED) is 0.886. The summed E-state index contributed by atoms with van der Waals surface area (Å²) in [5.74, 6) is -0.607. The Morgan fingerprint density at radius 1 is 1.43 bits per heavy atom. The van der Waals surface area contributed by atoms with Crippen LogP contribution in [0.2, 0.25) is 0 Å². The lowest BCUT2D eigenvalue weighted by Crippen LogP contribution is -2.28. The molecular formula is C8H8BrNO3S. The first-order valence-corrected chi connectivity index (χ1v) is 5.98. The maximum absolute atomic E-state index is 11.4. The Bertz CT molecular complexity index is 455. The monoisotopic (exact) mass is 277 g/mol. The summed E-state index contributed by atoms with van der Waals surface area (Å²) in [4.78, 5) is 10.7. The number of carbonyl (C=O) groups is 1. The van der Waals surface area contributed by atoms with Crippen molar-refractivity contribution in [3.63, 3.8) is 0 Å². The van der Waals surface area contributed by atoms with E-state index >= 15 is 0 Å². The third-order valence-electron chi connectivity index (χ3n) is 1.38. The van der Waals surface area contributed by atoms with Crippen LogP contribution in [0.4, 0.5) is 0 Å². The lowest BCUT2D eigenvalue weighted by molar-refractivity contribution is -0.117. The molecule has 0 aliphatic heterocycles. The van der Waals surface area contributed by atoms with E-state index in [1.54, 1.807) is 12.1 Å². The van der Waals surface area contributed by atoms with Crippen molar-refractivity contribution in [2.75, 3.05) is 0 Å². The Balaban J connectivity index is 3.11. The molecule has 1 amide bonds. The van der Waals surface area contributed by atoms with Crippen molar-refractivity contribution in [1.29, 1.82) is 0 Å². The Morgan fingerprint density at radius 3 is 2.57 bits per heavy atom. The zero-order valence-corrected chi connectivity index (χ0v) is 9.72. The largest absolute Gasteiger partial charge is 0.274 e. The highest BCUT2D eigenvalue weighted by atomic mass is 79.9. The molecule has 1 rings (SSSR count). The SMILES string of the molecule is CC(=O)NS(=O)(=O)c1cccc(Br)c1. The molecule has 1 aromatic rings. The summed E-state index contributed by atoms with van der Waals surface area (Å²) in [7, 11) is -3.71. The highest BCUT2D eigenvalue weighted by molar-refractivity contribution is 9.10. The maximum Gasteiger partial charge on any atom is 0.264 e. The summed E-state index contributed by atoms with van der Waals surface area (Å²) >= 11 is 3.14. The Kier molecular flexibility index (Phi) is 3.28. The third-order valence-corrected chi connectivity index (χ3v) is 3.31. The van der Waals surface area contributed by atoms with Gasteiger partial charge in [-0.3, -0.25) is 4.79 Å². The van der Waals surface area contributed by atoms with Gasteiger partial charge in [-0.15, -0.1) is 0 Å². The summed E-state index contributed by atoms with van der Waals surface area (Å²) in [5, 5.41) is 0. The lowest BCUT2D eigenvalue weighted by Gasteiger charge is -2.04. The molecule has 0 atom stereocenters. The van der Waals surface area contributed by atoms with Gasteiger partial charge < -0.3 is 0 Å². The molecule has 0 spiro atoms. The van der Waals surface area contributed by atoms with E-state index < -0.39 is 15.9 Å². The van der Waals surface area contributed by atoms with Gasteiger partial charge in [0.15, 0.2) is 0 Å². The van der Waals surface area contributed by atoms with Crippen LogP contribution in [0, 0.1) is 0 Å². The fourth-order valence-electron chi connectivity index (χ4n) is 0.882. The highest BCUT2D eigenvalue weighted by Crippen LogP contribution is 2.15. The van der Waals surface area contributed by atoms with Crippen LogP contribution in [-0.2, 0) is 14.8 Å². The topological polar surface area (TPSA) is 63.2 Å². The molecule has 1 N–H and O–H groups in total. The predicted molar refractivity (Wildman–Crippen MR) is 55.1 cm³/mol. The van der Waals surface area contributed by atoms with E-state index in [-0.39, 0.29) is 4.90 Å². The third kappa shape index (κ3) is 2.81. The van der Waals surface area contributed by atoms with Crippen molar-refractivity contribution in [3.8, 4) is 0 Å². The number of hydrogen-bond donors (Lipinski definition) is 1. The minimum Gasteiger partial charge on any atom is -0.274 e. The predicted octanol–water partition coefficient (Wildman–Crippen LogP) is 1.27. The standard InChI is InChI=1S/C8H8BrNO3S/c1-6(11)10-14(12,13)8-4-2-3-7(9)5-8/h2-5H,1H3,(H,10,11). The van der Waals surface area contributed by atoms with Gasteiger partial charge in [0.05, 0.1) is 4.90 Å². The Morgan fingerprint density at radius 2 is 2.07 bits per heavy atom. The molecule has 0 fully saturated rings. The first-order valence-electron chi connectivity index (χ1n) is 3.71. The van der Waals surface area contributed by atoms with E-state index in [9.17, 15) is 13.2 Å². The smallest absolute Gasteiger partial charge is 0.264 e. The molecule has 0 bridgehead atoms. The van der Waals surface area contributed by atoms with Gasteiger partial charge in [-0.2, -0.15) is 0 Å². The van der Waals surface area contributed by atoms with Gasteiger partial charge in [-0.1, -0.05) is 22.0 Å². The molecule has 14 heavy (non-hydrogen) atoms. The maximum atomic E-state index is 11.4. The van der Waals surface area contributed by atoms with Crippen LogP contribution in [0.1, 0.15) is 6.92 Å². The first kappa shape index (κ1) is 11.2. The van der Waals surface area contributed by atoms with Gasteiger partial charge in [0.2, 0.25) is 5.91 Å². The number of benzene rings is 1. The van der Waals surface area contributed by atoms with Crippen LogP contribution in [0.25, 0.3) is 0 Å². The highest BCUT2D eigenvalue weighted by Gasteiger charge is 2.14. The van der Waals surface area contributed by atoms with Crippen molar-refractivity contribution >= 4 is 31.9 Å². The van der Waals surface area contributed by atoms with Crippen LogP contribution in [0.15, 0.2) is 33.6 Å². The van der Waals surface area contributed by atoms with Crippen molar-refractivity contribution in [2.24, 2.45) is 0 Å². The molecule has 0 unspecified atom stereocenters. The van der Waals surface area contributed by atoms with E-state index in [1.165, 1.54) is 12.1 Å². The molecule has 76 valence electrons.